The number of amides is 2. The fourth-order valence-electron chi connectivity index (χ4n) is 2.82. The second kappa shape index (κ2) is 8.63. The number of aliphatic hydroxyl groups excluding tert-OH is 1. The van der Waals surface area contributed by atoms with Crippen LogP contribution in [-0.4, -0.2) is 43.4 Å². The number of nitrogens with one attached hydrogen (secondary N) is 2. The first kappa shape index (κ1) is 16.6. The smallest absolute Gasteiger partial charge is 0.314 e. The van der Waals surface area contributed by atoms with Crippen molar-refractivity contribution in [2.45, 2.75) is 32.3 Å². The molecule has 0 aromatic heterocycles. The molecule has 1 aliphatic heterocycles. The van der Waals surface area contributed by atoms with E-state index in [-0.39, 0.29) is 6.03 Å². The predicted molar refractivity (Wildman–Crippen MR) is 89.1 cm³/mol. The van der Waals surface area contributed by atoms with Crippen LogP contribution < -0.4 is 15.5 Å². The number of carbonyl (C=O) groups excluding carboxylic acids is 1. The van der Waals surface area contributed by atoms with Crippen LogP contribution in [0.3, 0.4) is 0 Å². The van der Waals surface area contributed by atoms with Crippen molar-refractivity contribution in [3.05, 3.63) is 30.3 Å². The fraction of sp³-hybridized carbons (Fsp3) is 0.588. The normalized spacial score (nSPS) is 19.0. The minimum absolute atomic E-state index is 0.187. The van der Waals surface area contributed by atoms with Crippen molar-refractivity contribution >= 4 is 11.7 Å². The first-order valence-electron chi connectivity index (χ1n) is 8.18. The maximum Gasteiger partial charge on any atom is 0.314 e. The monoisotopic (exact) mass is 305 g/mol. The minimum atomic E-state index is -0.448. The van der Waals surface area contributed by atoms with Crippen molar-refractivity contribution in [3.8, 4) is 0 Å². The molecule has 0 aliphatic carbocycles. The zero-order valence-corrected chi connectivity index (χ0v) is 13.3. The van der Waals surface area contributed by atoms with Crippen molar-refractivity contribution in [2.24, 2.45) is 5.92 Å². The molecule has 5 heteroatoms. The molecule has 0 bridgehead atoms. The summed E-state index contributed by atoms with van der Waals surface area (Å²) in [7, 11) is 0. The Morgan fingerprint density at radius 1 is 1.36 bits per heavy atom. The number of nitrogens with zero attached hydrogens (tertiary/aromatic N) is 1. The highest BCUT2D eigenvalue weighted by Gasteiger charge is 2.22. The lowest BCUT2D eigenvalue weighted by Crippen LogP contribution is -2.41. The number of para-hydroxylation sites is 1. The third-order valence-electron chi connectivity index (χ3n) is 4.08. The second-order valence-electron chi connectivity index (χ2n) is 5.97. The van der Waals surface area contributed by atoms with Crippen molar-refractivity contribution in [1.82, 2.24) is 10.6 Å². The van der Waals surface area contributed by atoms with E-state index in [1.165, 1.54) is 5.69 Å². The van der Waals surface area contributed by atoms with E-state index < -0.39 is 6.10 Å². The fourth-order valence-corrected chi connectivity index (χ4v) is 2.82. The van der Waals surface area contributed by atoms with Gasteiger partial charge in [0.15, 0.2) is 0 Å². The van der Waals surface area contributed by atoms with Crippen molar-refractivity contribution in [3.63, 3.8) is 0 Å². The van der Waals surface area contributed by atoms with Crippen LogP contribution in [0.1, 0.15) is 26.2 Å². The molecule has 1 aromatic carbocycles. The number of benzene rings is 1. The number of carbonyl (C=O) groups is 1. The van der Waals surface area contributed by atoms with E-state index in [1.54, 1.807) is 0 Å². The highest BCUT2D eigenvalue weighted by atomic mass is 16.3. The number of anilines is 1. The Balaban J connectivity index is 1.65. The molecule has 2 amide bonds. The van der Waals surface area contributed by atoms with Crippen LogP contribution in [0.4, 0.5) is 10.5 Å². The van der Waals surface area contributed by atoms with E-state index in [4.69, 9.17) is 0 Å². The summed E-state index contributed by atoms with van der Waals surface area (Å²) in [5, 5.41) is 15.2. The molecule has 122 valence electrons. The maximum atomic E-state index is 11.7. The van der Waals surface area contributed by atoms with Crippen molar-refractivity contribution < 1.29 is 9.90 Å². The van der Waals surface area contributed by atoms with E-state index in [2.05, 4.69) is 39.8 Å². The van der Waals surface area contributed by atoms with Gasteiger partial charge in [0.05, 0.1) is 6.10 Å². The second-order valence-corrected chi connectivity index (χ2v) is 5.97. The lowest BCUT2D eigenvalue weighted by Gasteiger charge is -2.19. The van der Waals surface area contributed by atoms with Gasteiger partial charge in [0, 0.05) is 31.9 Å². The van der Waals surface area contributed by atoms with Gasteiger partial charge in [-0.2, -0.15) is 0 Å². The van der Waals surface area contributed by atoms with E-state index >= 15 is 0 Å². The van der Waals surface area contributed by atoms with Gasteiger partial charge < -0.3 is 20.6 Å². The molecule has 0 radical (unpaired) electrons. The molecule has 2 atom stereocenters. The number of hydrogen-bond acceptors (Lipinski definition) is 3. The van der Waals surface area contributed by atoms with Crippen LogP contribution in [0.2, 0.25) is 0 Å². The Morgan fingerprint density at radius 2 is 2.14 bits per heavy atom. The van der Waals surface area contributed by atoms with E-state index in [0.717, 1.165) is 32.4 Å². The molecular formula is C17H27N3O2. The predicted octanol–water partition coefficient (Wildman–Crippen LogP) is 1.97. The van der Waals surface area contributed by atoms with E-state index in [1.807, 2.05) is 13.0 Å². The highest BCUT2D eigenvalue weighted by Crippen LogP contribution is 2.22. The largest absolute Gasteiger partial charge is 0.391 e. The van der Waals surface area contributed by atoms with Gasteiger partial charge in [-0.1, -0.05) is 31.5 Å². The van der Waals surface area contributed by atoms with Crippen LogP contribution in [0, 0.1) is 5.92 Å². The summed E-state index contributed by atoms with van der Waals surface area (Å²) < 4.78 is 0. The summed E-state index contributed by atoms with van der Waals surface area (Å²) in [5.41, 5.74) is 1.25. The first-order chi connectivity index (χ1) is 10.7. The third-order valence-corrected chi connectivity index (χ3v) is 4.08. The zero-order valence-electron chi connectivity index (χ0n) is 13.3. The van der Waals surface area contributed by atoms with Crippen LogP contribution in [-0.2, 0) is 0 Å². The Bertz CT molecular complexity index is 452. The summed E-state index contributed by atoms with van der Waals surface area (Å²) in [6.45, 7) is 5.03. The lowest BCUT2D eigenvalue weighted by atomic mass is 10.1. The summed E-state index contributed by atoms with van der Waals surface area (Å²) in [6, 6.07) is 10.2. The maximum absolute atomic E-state index is 11.7. The molecule has 1 aliphatic rings. The molecule has 0 spiro atoms. The quantitative estimate of drug-likeness (QED) is 0.721. The van der Waals surface area contributed by atoms with Crippen LogP contribution in [0.15, 0.2) is 30.3 Å². The Hall–Kier alpha value is -1.75. The van der Waals surface area contributed by atoms with Gasteiger partial charge in [-0.25, -0.2) is 4.79 Å². The number of rotatable bonds is 7. The van der Waals surface area contributed by atoms with Crippen LogP contribution in [0.25, 0.3) is 0 Å². The molecule has 2 unspecified atom stereocenters. The van der Waals surface area contributed by atoms with Gasteiger partial charge >= 0.3 is 6.03 Å². The summed E-state index contributed by atoms with van der Waals surface area (Å²) >= 11 is 0. The number of aliphatic hydroxyl groups is 1. The SMILES string of the molecule is CCCC(O)CNC(=O)NCC1CCN(c2ccccc2)C1. The Morgan fingerprint density at radius 3 is 2.86 bits per heavy atom. The Labute approximate surface area is 132 Å². The molecule has 5 nitrogen and oxygen atoms in total. The molecule has 1 heterocycles. The molecule has 1 fully saturated rings. The van der Waals surface area contributed by atoms with Crippen molar-refractivity contribution in [2.75, 3.05) is 31.1 Å². The summed E-state index contributed by atoms with van der Waals surface area (Å²) in [4.78, 5) is 14.1. The molecular weight excluding hydrogens is 278 g/mol. The average Bonchev–Trinajstić information content (AvgIpc) is 3.01. The molecule has 3 N–H and O–H groups in total. The molecule has 22 heavy (non-hydrogen) atoms. The summed E-state index contributed by atoms with van der Waals surface area (Å²) in [5.74, 6) is 0.478. The first-order valence-corrected chi connectivity index (χ1v) is 8.18. The topological polar surface area (TPSA) is 64.6 Å². The number of urea groups is 1. The number of hydrogen-bond donors (Lipinski definition) is 3. The van der Waals surface area contributed by atoms with Gasteiger partial charge in [-0.05, 0) is 30.9 Å². The third kappa shape index (κ3) is 5.22. The molecule has 1 saturated heterocycles. The summed E-state index contributed by atoms with van der Waals surface area (Å²) in [6.07, 6.45) is 2.28. The Kier molecular flexibility index (Phi) is 6.52. The zero-order chi connectivity index (χ0) is 15.8. The molecule has 0 saturated carbocycles. The lowest BCUT2D eigenvalue weighted by molar-refractivity contribution is 0.160. The van der Waals surface area contributed by atoms with Gasteiger partial charge in [0.1, 0.15) is 0 Å². The molecule has 1 aromatic rings. The molecule has 2 rings (SSSR count). The standard InChI is InChI=1S/C17H27N3O2/c1-2-6-16(21)12-19-17(22)18-11-14-9-10-20(13-14)15-7-4-3-5-8-15/h3-5,7-8,14,16,21H,2,6,9-13H2,1H3,(H2,18,19,22). The van der Waals surface area contributed by atoms with Crippen LogP contribution >= 0.6 is 0 Å². The van der Waals surface area contributed by atoms with Gasteiger partial charge in [0.25, 0.3) is 0 Å². The van der Waals surface area contributed by atoms with Gasteiger partial charge in [-0.3, -0.25) is 0 Å². The van der Waals surface area contributed by atoms with Gasteiger partial charge in [-0.15, -0.1) is 0 Å². The highest BCUT2D eigenvalue weighted by molar-refractivity contribution is 5.73. The van der Waals surface area contributed by atoms with Crippen molar-refractivity contribution in [1.29, 1.82) is 0 Å². The minimum Gasteiger partial charge on any atom is -0.391 e. The van der Waals surface area contributed by atoms with Gasteiger partial charge in [0.2, 0.25) is 0 Å². The average molecular weight is 305 g/mol. The van der Waals surface area contributed by atoms with E-state index in [9.17, 15) is 9.90 Å². The van der Waals surface area contributed by atoms with Crippen LogP contribution in [0.5, 0.6) is 0 Å². The van der Waals surface area contributed by atoms with E-state index in [0.29, 0.717) is 19.0 Å².